The quantitative estimate of drug-likeness (QED) is 0.823. The number of nitrogens with one attached hydrogen (secondary N) is 2. The minimum Gasteiger partial charge on any atom is -0.376 e. The van der Waals surface area contributed by atoms with Gasteiger partial charge in [0, 0.05) is 19.3 Å². The number of aromatic nitrogens is 2. The molecule has 146 valence electrons. The number of benzene rings is 1. The summed E-state index contributed by atoms with van der Waals surface area (Å²) in [5, 5.41) is 11.1. The third-order valence-electron chi connectivity index (χ3n) is 5.27. The van der Waals surface area contributed by atoms with E-state index in [0.717, 1.165) is 50.9 Å². The van der Waals surface area contributed by atoms with E-state index in [1.165, 1.54) is 0 Å². The van der Waals surface area contributed by atoms with Gasteiger partial charge in [0.05, 0.1) is 18.2 Å². The van der Waals surface area contributed by atoms with Crippen molar-refractivity contribution in [2.45, 2.75) is 43.9 Å². The molecule has 1 aromatic heterocycles. The molecule has 3 heterocycles. The normalized spacial score (nSPS) is 23.4. The van der Waals surface area contributed by atoms with Crippen LogP contribution in [0.2, 0.25) is 0 Å². The summed E-state index contributed by atoms with van der Waals surface area (Å²) in [7, 11) is 0. The Balaban J connectivity index is 0.00000210. The first-order valence-corrected chi connectivity index (χ1v) is 9.54. The SMILES string of the molecule is Cl.O=C(NC(c1ccccc1)C1CCCO1)c1ccn(C2CCCNC2)n1. The highest BCUT2D eigenvalue weighted by Crippen LogP contribution is 2.27. The van der Waals surface area contributed by atoms with Crippen LogP contribution in [0.3, 0.4) is 0 Å². The molecule has 2 aliphatic rings. The van der Waals surface area contributed by atoms with Gasteiger partial charge in [-0.1, -0.05) is 30.3 Å². The van der Waals surface area contributed by atoms with Crippen molar-refractivity contribution in [3.05, 3.63) is 53.9 Å². The number of nitrogens with zero attached hydrogens (tertiary/aromatic N) is 2. The predicted molar refractivity (Wildman–Crippen MR) is 106 cm³/mol. The molecule has 2 N–H and O–H groups in total. The summed E-state index contributed by atoms with van der Waals surface area (Å²) in [6.07, 6.45) is 6.16. The molecule has 0 saturated carbocycles. The van der Waals surface area contributed by atoms with Gasteiger partial charge < -0.3 is 15.4 Å². The van der Waals surface area contributed by atoms with Gasteiger partial charge in [0.25, 0.3) is 5.91 Å². The Kier molecular flexibility index (Phi) is 6.88. The number of amides is 1. The average Bonchev–Trinajstić information content (AvgIpc) is 3.39. The molecule has 2 aliphatic heterocycles. The summed E-state index contributed by atoms with van der Waals surface area (Å²) >= 11 is 0. The van der Waals surface area contributed by atoms with E-state index in [-0.39, 0.29) is 30.5 Å². The van der Waals surface area contributed by atoms with Crippen LogP contribution in [0.15, 0.2) is 42.6 Å². The first-order valence-electron chi connectivity index (χ1n) is 9.54. The molecule has 7 heteroatoms. The van der Waals surface area contributed by atoms with E-state index in [1.807, 2.05) is 47.3 Å². The minimum absolute atomic E-state index is 0. The van der Waals surface area contributed by atoms with Crippen molar-refractivity contribution in [3.8, 4) is 0 Å². The highest BCUT2D eigenvalue weighted by atomic mass is 35.5. The predicted octanol–water partition coefficient (Wildman–Crippen LogP) is 2.88. The van der Waals surface area contributed by atoms with Crippen molar-refractivity contribution in [3.63, 3.8) is 0 Å². The summed E-state index contributed by atoms with van der Waals surface area (Å²) in [5.74, 6) is -0.142. The standard InChI is InChI=1S/C20H26N4O2.ClH/c25-20(17-10-12-24(23-17)16-8-4-11-21-14-16)22-19(18-9-5-13-26-18)15-6-2-1-3-7-15;/h1-3,6-7,10,12,16,18-19,21H,4-5,8-9,11,13-14H2,(H,22,25);1H. The Hall–Kier alpha value is -1.89. The van der Waals surface area contributed by atoms with Crippen LogP contribution in [0.25, 0.3) is 0 Å². The lowest BCUT2D eigenvalue weighted by Gasteiger charge is -2.24. The van der Waals surface area contributed by atoms with E-state index in [2.05, 4.69) is 15.7 Å². The van der Waals surface area contributed by atoms with Crippen LogP contribution >= 0.6 is 12.4 Å². The number of hydrogen-bond acceptors (Lipinski definition) is 4. The van der Waals surface area contributed by atoms with Crippen LogP contribution in [-0.2, 0) is 4.74 Å². The molecule has 3 unspecified atom stereocenters. The van der Waals surface area contributed by atoms with Crippen molar-refractivity contribution in [2.24, 2.45) is 0 Å². The van der Waals surface area contributed by atoms with Gasteiger partial charge in [-0.25, -0.2) is 0 Å². The molecular weight excluding hydrogens is 364 g/mol. The zero-order valence-corrected chi connectivity index (χ0v) is 16.2. The molecule has 0 spiro atoms. The smallest absolute Gasteiger partial charge is 0.272 e. The molecule has 1 amide bonds. The summed E-state index contributed by atoms with van der Waals surface area (Å²) in [6.45, 7) is 2.73. The number of hydrogen-bond donors (Lipinski definition) is 2. The molecule has 6 nitrogen and oxygen atoms in total. The number of ether oxygens (including phenoxy) is 1. The lowest BCUT2D eigenvalue weighted by molar-refractivity contribution is 0.0669. The minimum atomic E-state index is -0.146. The number of rotatable bonds is 5. The van der Waals surface area contributed by atoms with Gasteiger partial charge in [-0.15, -0.1) is 12.4 Å². The van der Waals surface area contributed by atoms with Crippen molar-refractivity contribution in [2.75, 3.05) is 19.7 Å². The Labute approximate surface area is 166 Å². The molecule has 0 bridgehead atoms. The molecule has 1 aromatic carbocycles. The summed E-state index contributed by atoms with van der Waals surface area (Å²) in [6, 6.07) is 12.0. The zero-order chi connectivity index (χ0) is 17.8. The Morgan fingerprint density at radius 2 is 2.07 bits per heavy atom. The summed E-state index contributed by atoms with van der Waals surface area (Å²) in [5.41, 5.74) is 1.54. The summed E-state index contributed by atoms with van der Waals surface area (Å²) < 4.78 is 7.78. The molecule has 0 radical (unpaired) electrons. The van der Waals surface area contributed by atoms with Crippen LogP contribution in [0.1, 0.15) is 53.8 Å². The van der Waals surface area contributed by atoms with E-state index >= 15 is 0 Å². The summed E-state index contributed by atoms with van der Waals surface area (Å²) in [4.78, 5) is 12.8. The highest BCUT2D eigenvalue weighted by Gasteiger charge is 2.29. The molecule has 27 heavy (non-hydrogen) atoms. The maximum atomic E-state index is 12.8. The molecule has 4 rings (SSSR count). The van der Waals surface area contributed by atoms with Gasteiger partial charge in [0.15, 0.2) is 0 Å². The fourth-order valence-corrected chi connectivity index (χ4v) is 3.85. The van der Waals surface area contributed by atoms with E-state index in [4.69, 9.17) is 4.74 Å². The van der Waals surface area contributed by atoms with Gasteiger partial charge >= 0.3 is 0 Å². The Bertz CT molecular complexity index is 725. The van der Waals surface area contributed by atoms with Gasteiger partial charge in [0.1, 0.15) is 5.69 Å². The Morgan fingerprint density at radius 3 is 2.78 bits per heavy atom. The number of piperidine rings is 1. The van der Waals surface area contributed by atoms with Crippen LogP contribution in [0.4, 0.5) is 0 Å². The molecule has 2 fully saturated rings. The number of carbonyl (C=O) groups excluding carboxylic acids is 1. The van der Waals surface area contributed by atoms with Gasteiger partial charge in [-0.2, -0.15) is 5.10 Å². The van der Waals surface area contributed by atoms with Gasteiger partial charge in [0.2, 0.25) is 0 Å². The lowest BCUT2D eigenvalue weighted by atomic mass is 9.99. The molecule has 2 saturated heterocycles. The van der Waals surface area contributed by atoms with Crippen LogP contribution in [0, 0.1) is 0 Å². The first kappa shape index (κ1) is 19.9. The van der Waals surface area contributed by atoms with Crippen LogP contribution in [-0.4, -0.2) is 41.5 Å². The second-order valence-corrected chi connectivity index (χ2v) is 7.09. The third kappa shape index (κ3) is 4.69. The molecule has 0 aliphatic carbocycles. The van der Waals surface area contributed by atoms with Gasteiger partial charge in [-0.3, -0.25) is 9.48 Å². The second kappa shape index (κ2) is 9.35. The van der Waals surface area contributed by atoms with Gasteiger partial charge in [-0.05, 0) is 43.9 Å². The maximum absolute atomic E-state index is 12.8. The molecule has 2 aromatic rings. The van der Waals surface area contributed by atoms with E-state index < -0.39 is 0 Å². The number of halogens is 1. The molecular formula is C20H27ClN4O2. The van der Waals surface area contributed by atoms with Crippen LogP contribution in [0.5, 0.6) is 0 Å². The fourth-order valence-electron chi connectivity index (χ4n) is 3.85. The first-order chi connectivity index (χ1) is 12.8. The highest BCUT2D eigenvalue weighted by molar-refractivity contribution is 5.92. The van der Waals surface area contributed by atoms with Crippen molar-refractivity contribution in [1.82, 2.24) is 20.4 Å². The van der Waals surface area contributed by atoms with Crippen LogP contribution < -0.4 is 10.6 Å². The molecule has 3 atom stereocenters. The van der Waals surface area contributed by atoms with E-state index in [1.54, 1.807) is 0 Å². The van der Waals surface area contributed by atoms with Crippen molar-refractivity contribution < 1.29 is 9.53 Å². The van der Waals surface area contributed by atoms with Crippen molar-refractivity contribution in [1.29, 1.82) is 0 Å². The van der Waals surface area contributed by atoms with Crippen molar-refractivity contribution >= 4 is 18.3 Å². The zero-order valence-electron chi connectivity index (χ0n) is 15.3. The average molecular weight is 391 g/mol. The fraction of sp³-hybridized carbons (Fsp3) is 0.500. The van der Waals surface area contributed by atoms with E-state index in [0.29, 0.717) is 11.7 Å². The largest absolute Gasteiger partial charge is 0.376 e. The topological polar surface area (TPSA) is 68.2 Å². The van der Waals surface area contributed by atoms with E-state index in [9.17, 15) is 4.79 Å². The maximum Gasteiger partial charge on any atom is 0.272 e. The third-order valence-corrected chi connectivity index (χ3v) is 5.27. The number of carbonyl (C=O) groups is 1. The lowest BCUT2D eigenvalue weighted by Crippen LogP contribution is -2.36. The monoisotopic (exact) mass is 390 g/mol. The second-order valence-electron chi connectivity index (χ2n) is 7.09. The Morgan fingerprint density at radius 1 is 1.22 bits per heavy atom.